The Morgan fingerprint density at radius 3 is 2.80 bits per heavy atom. The summed E-state index contributed by atoms with van der Waals surface area (Å²) in [7, 11) is 0. The van der Waals surface area contributed by atoms with Crippen LogP contribution in [0.4, 0.5) is 11.4 Å². The predicted octanol–water partition coefficient (Wildman–Crippen LogP) is 3.68. The summed E-state index contributed by atoms with van der Waals surface area (Å²) < 4.78 is 1.74. The Balaban J connectivity index is 1.32. The highest BCUT2D eigenvalue weighted by Crippen LogP contribution is 2.26. The third-order valence-electron chi connectivity index (χ3n) is 5.23. The molecule has 1 aliphatic carbocycles. The van der Waals surface area contributed by atoms with Gasteiger partial charge >= 0.3 is 0 Å². The molecular formula is C21H24N6O2S. The number of aromatic nitrogens is 4. The lowest BCUT2D eigenvalue weighted by molar-refractivity contribution is -0.120. The van der Waals surface area contributed by atoms with E-state index in [9.17, 15) is 9.59 Å². The van der Waals surface area contributed by atoms with Gasteiger partial charge in [0.05, 0.1) is 5.75 Å². The highest BCUT2D eigenvalue weighted by molar-refractivity contribution is 7.99. The summed E-state index contributed by atoms with van der Waals surface area (Å²) in [4.78, 5) is 28.9. The first-order valence-corrected chi connectivity index (χ1v) is 11.1. The molecule has 0 unspecified atom stereocenters. The summed E-state index contributed by atoms with van der Waals surface area (Å²) in [6.07, 6.45) is 8.87. The lowest BCUT2D eigenvalue weighted by Gasteiger charge is -2.21. The topological polar surface area (TPSA) is 101 Å². The van der Waals surface area contributed by atoms with E-state index in [0.29, 0.717) is 16.6 Å². The fourth-order valence-electron chi connectivity index (χ4n) is 3.63. The van der Waals surface area contributed by atoms with Crippen molar-refractivity contribution >= 4 is 40.7 Å². The molecule has 0 radical (unpaired) electrons. The maximum Gasteiger partial charge on any atom is 0.255 e. The Morgan fingerprint density at radius 1 is 1.17 bits per heavy atom. The summed E-state index contributed by atoms with van der Waals surface area (Å²) >= 11 is 1.30. The Bertz CT molecular complexity index is 1060. The molecule has 1 aromatic carbocycles. The van der Waals surface area contributed by atoms with Crippen LogP contribution in [-0.2, 0) is 9.59 Å². The zero-order valence-electron chi connectivity index (χ0n) is 16.8. The van der Waals surface area contributed by atoms with Crippen LogP contribution in [0, 0.1) is 12.8 Å². The van der Waals surface area contributed by atoms with E-state index in [1.54, 1.807) is 16.7 Å². The number of hydrogen-bond donors (Lipinski definition) is 2. The first-order valence-electron chi connectivity index (χ1n) is 10.1. The minimum atomic E-state index is -0.140. The largest absolute Gasteiger partial charge is 0.326 e. The number of nitrogens with one attached hydrogen (secondary N) is 2. The van der Waals surface area contributed by atoms with Gasteiger partial charge in [0, 0.05) is 29.7 Å². The fourth-order valence-corrected chi connectivity index (χ4v) is 4.34. The maximum atomic E-state index is 12.5. The Hall–Kier alpha value is -2.94. The van der Waals surface area contributed by atoms with Gasteiger partial charge in [0.15, 0.2) is 5.16 Å². The third-order valence-corrected chi connectivity index (χ3v) is 6.18. The first-order chi connectivity index (χ1) is 14.6. The van der Waals surface area contributed by atoms with Crippen LogP contribution in [0.1, 0.15) is 37.7 Å². The van der Waals surface area contributed by atoms with Crippen LogP contribution in [0.25, 0.3) is 5.78 Å². The van der Waals surface area contributed by atoms with Gasteiger partial charge in [0.25, 0.3) is 5.78 Å². The molecule has 3 aromatic rings. The quantitative estimate of drug-likeness (QED) is 0.586. The van der Waals surface area contributed by atoms with Crippen molar-refractivity contribution in [2.75, 3.05) is 16.4 Å². The van der Waals surface area contributed by atoms with Crippen molar-refractivity contribution in [2.45, 2.75) is 44.2 Å². The molecule has 1 fully saturated rings. The van der Waals surface area contributed by atoms with Gasteiger partial charge in [-0.05, 0) is 49.6 Å². The van der Waals surface area contributed by atoms with E-state index >= 15 is 0 Å². The van der Waals surface area contributed by atoms with Crippen molar-refractivity contribution in [2.24, 2.45) is 5.92 Å². The number of carbonyl (C=O) groups excluding carboxylic acids is 2. The van der Waals surface area contributed by atoms with Crippen molar-refractivity contribution in [1.82, 2.24) is 19.6 Å². The first kappa shape index (κ1) is 20.3. The SMILES string of the molecule is Cc1cc(NC(=O)CSc2nnc3ncccn23)ccc1NC(=O)C1CCCCC1. The van der Waals surface area contributed by atoms with Crippen LogP contribution in [0.2, 0.25) is 0 Å². The van der Waals surface area contributed by atoms with E-state index in [4.69, 9.17) is 0 Å². The monoisotopic (exact) mass is 424 g/mol. The fraction of sp³-hybridized carbons (Fsp3) is 0.381. The molecule has 8 nitrogen and oxygen atoms in total. The lowest BCUT2D eigenvalue weighted by Crippen LogP contribution is -2.25. The number of thioether (sulfide) groups is 1. The second-order valence-corrected chi connectivity index (χ2v) is 8.41. The number of nitrogens with zero attached hydrogens (tertiary/aromatic N) is 4. The van der Waals surface area contributed by atoms with E-state index in [1.165, 1.54) is 18.2 Å². The smallest absolute Gasteiger partial charge is 0.255 e. The molecule has 1 saturated carbocycles. The van der Waals surface area contributed by atoms with Crippen molar-refractivity contribution in [3.8, 4) is 0 Å². The van der Waals surface area contributed by atoms with Crippen LogP contribution in [-0.4, -0.2) is 37.1 Å². The molecule has 156 valence electrons. The van der Waals surface area contributed by atoms with Crippen LogP contribution in [0.3, 0.4) is 0 Å². The van der Waals surface area contributed by atoms with E-state index in [2.05, 4.69) is 25.8 Å². The molecule has 30 heavy (non-hydrogen) atoms. The number of carbonyl (C=O) groups is 2. The van der Waals surface area contributed by atoms with Crippen molar-refractivity contribution in [3.05, 3.63) is 42.2 Å². The minimum Gasteiger partial charge on any atom is -0.326 e. The molecule has 0 bridgehead atoms. The van der Waals surface area contributed by atoms with Gasteiger partial charge < -0.3 is 10.6 Å². The zero-order chi connectivity index (χ0) is 20.9. The van der Waals surface area contributed by atoms with Gasteiger partial charge in [-0.15, -0.1) is 10.2 Å². The number of rotatable bonds is 6. The number of anilines is 2. The summed E-state index contributed by atoms with van der Waals surface area (Å²) in [5.41, 5.74) is 2.40. The van der Waals surface area contributed by atoms with Gasteiger partial charge in [0.2, 0.25) is 11.8 Å². The molecule has 4 rings (SSSR count). The van der Waals surface area contributed by atoms with Gasteiger partial charge in [-0.1, -0.05) is 31.0 Å². The van der Waals surface area contributed by atoms with Gasteiger partial charge in [0.1, 0.15) is 0 Å². The summed E-state index contributed by atoms with van der Waals surface area (Å²) in [6, 6.07) is 7.31. The number of hydrogen-bond acceptors (Lipinski definition) is 6. The predicted molar refractivity (Wildman–Crippen MR) is 117 cm³/mol. The second kappa shape index (κ2) is 9.25. The van der Waals surface area contributed by atoms with E-state index in [1.807, 2.05) is 31.3 Å². The molecular weight excluding hydrogens is 400 g/mol. The number of benzene rings is 1. The molecule has 9 heteroatoms. The number of amides is 2. The average Bonchev–Trinajstić information content (AvgIpc) is 3.18. The van der Waals surface area contributed by atoms with E-state index in [0.717, 1.165) is 36.9 Å². The van der Waals surface area contributed by atoms with Gasteiger partial charge in [-0.3, -0.25) is 14.0 Å². The van der Waals surface area contributed by atoms with E-state index < -0.39 is 0 Å². The molecule has 2 aromatic heterocycles. The van der Waals surface area contributed by atoms with Crippen LogP contribution in [0.15, 0.2) is 41.8 Å². The molecule has 0 aliphatic heterocycles. The molecule has 0 atom stereocenters. The molecule has 0 spiro atoms. The standard InChI is InChI=1S/C21H24N6O2S/c1-14-12-16(8-9-17(14)24-19(29)15-6-3-2-4-7-15)23-18(28)13-30-21-26-25-20-22-10-5-11-27(20)21/h5,8-12,15H,2-4,6-7,13H2,1H3,(H,23,28)(H,24,29). The van der Waals surface area contributed by atoms with Crippen molar-refractivity contribution in [3.63, 3.8) is 0 Å². The number of aryl methyl sites for hydroxylation is 1. The Kier molecular flexibility index (Phi) is 6.27. The van der Waals surface area contributed by atoms with Crippen molar-refractivity contribution < 1.29 is 9.59 Å². The lowest BCUT2D eigenvalue weighted by atomic mass is 9.88. The highest BCUT2D eigenvalue weighted by Gasteiger charge is 2.21. The summed E-state index contributed by atoms with van der Waals surface area (Å²) in [5.74, 6) is 0.773. The molecule has 1 aliphatic rings. The molecule has 0 saturated heterocycles. The van der Waals surface area contributed by atoms with E-state index in [-0.39, 0.29) is 23.5 Å². The van der Waals surface area contributed by atoms with Gasteiger partial charge in [-0.25, -0.2) is 4.98 Å². The van der Waals surface area contributed by atoms with Crippen LogP contribution >= 0.6 is 11.8 Å². The van der Waals surface area contributed by atoms with Crippen LogP contribution in [0.5, 0.6) is 0 Å². The second-order valence-electron chi connectivity index (χ2n) is 7.46. The highest BCUT2D eigenvalue weighted by atomic mass is 32.2. The maximum absolute atomic E-state index is 12.5. The third kappa shape index (κ3) is 4.79. The van der Waals surface area contributed by atoms with Crippen LogP contribution < -0.4 is 10.6 Å². The molecule has 2 amide bonds. The Labute approximate surface area is 178 Å². The summed E-state index contributed by atoms with van der Waals surface area (Å²) in [6.45, 7) is 1.93. The minimum absolute atomic E-state index is 0.0982. The normalized spacial score (nSPS) is 14.6. The van der Waals surface area contributed by atoms with Crippen molar-refractivity contribution in [1.29, 1.82) is 0 Å². The molecule has 2 heterocycles. The molecule has 2 N–H and O–H groups in total. The number of fused-ring (bicyclic) bond motifs is 1. The average molecular weight is 425 g/mol. The van der Waals surface area contributed by atoms with Gasteiger partial charge in [-0.2, -0.15) is 0 Å². The Morgan fingerprint density at radius 2 is 2.00 bits per heavy atom. The zero-order valence-corrected chi connectivity index (χ0v) is 17.6. The summed E-state index contributed by atoms with van der Waals surface area (Å²) in [5, 5.41) is 14.6.